The molecule has 0 atom stereocenters. The van der Waals surface area contributed by atoms with E-state index in [0.717, 1.165) is 38.8 Å². The molecule has 306 valence electrons. The maximum atomic E-state index is 13.2. The van der Waals surface area contributed by atoms with Crippen LogP contribution in [0.5, 0.6) is 0 Å². The van der Waals surface area contributed by atoms with Crippen molar-refractivity contribution >= 4 is 17.8 Å². The minimum atomic E-state index is -0.495. The number of hydrogen-bond donors (Lipinski definition) is 0. The molecule has 0 aliphatic heterocycles. The molecule has 0 aromatic heterocycles. The number of unbranched alkanes of at least 4 members (excludes halogenated alkanes) is 30. The summed E-state index contributed by atoms with van der Waals surface area (Å²) in [6.07, 6.45) is 43.0. The number of esters is 2. The van der Waals surface area contributed by atoms with E-state index >= 15 is 0 Å². The lowest BCUT2D eigenvalue weighted by molar-refractivity contribution is -0.151. The van der Waals surface area contributed by atoms with E-state index in [-0.39, 0.29) is 32.0 Å². The summed E-state index contributed by atoms with van der Waals surface area (Å²) in [7, 11) is 0. The van der Waals surface area contributed by atoms with E-state index in [4.69, 9.17) is 9.47 Å². The number of hydrogen-bond acceptors (Lipinski definition) is 5. The molecule has 1 amide bonds. The van der Waals surface area contributed by atoms with Crippen LogP contribution in [0.25, 0.3) is 0 Å². The molecule has 0 radical (unpaired) electrons. The zero-order valence-electron chi connectivity index (χ0n) is 35.1. The molecule has 0 aromatic carbocycles. The summed E-state index contributed by atoms with van der Waals surface area (Å²) in [6.45, 7) is 11.2. The molecule has 0 rings (SSSR count). The number of carbonyl (C=O) groups excluding carboxylic acids is 3. The highest BCUT2D eigenvalue weighted by Gasteiger charge is 2.16. The van der Waals surface area contributed by atoms with Crippen LogP contribution in [-0.4, -0.2) is 49.0 Å². The van der Waals surface area contributed by atoms with Gasteiger partial charge in [-0.15, -0.1) is 0 Å². The second kappa shape index (κ2) is 40.3. The highest BCUT2D eigenvalue weighted by molar-refractivity contribution is 5.86. The summed E-state index contributed by atoms with van der Waals surface area (Å²) in [6, 6.07) is 0. The quantitative estimate of drug-likeness (QED) is 0.0355. The van der Waals surface area contributed by atoms with Crippen LogP contribution in [0.4, 0.5) is 0 Å². The molecule has 0 aliphatic carbocycles. The number of nitrogens with zero attached hydrogens (tertiary/aromatic N) is 1. The number of rotatable bonds is 41. The van der Waals surface area contributed by atoms with Crippen LogP contribution in [0.1, 0.15) is 239 Å². The van der Waals surface area contributed by atoms with E-state index < -0.39 is 11.9 Å². The molecule has 0 saturated heterocycles. The minimum absolute atomic E-state index is 0.00395. The van der Waals surface area contributed by atoms with Crippen LogP contribution in [0.2, 0.25) is 0 Å². The Labute approximate surface area is 323 Å². The molecule has 0 saturated carbocycles. The first-order valence-corrected chi connectivity index (χ1v) is 22.7. The fraction of sp³-hybridized carbons (Fsp3) is 0.891. The van der Waals surface area contributed by atoms with Gasteiger partial charge in [0.1, 0.15) is 13.2 Å². The van der Waals surface area contributed by atoms with E-state index in [1.165, 1.54) is 180 Å². The Hall–Kier alpha value is -1.85. The Bertz CT molecular complexity index is 792. The highest BCUT2D eigenvalue weighted by Crippen LogP contribution is 2.16. The predicted octanol–water partition coefficient (Wildman–Crippen LogP) is 13.8. The molecular formula is C46H87NO5. The summed E-state index contributed by atoms with van der Waals surface area (Å²) in [5, 5.41) is 0. The van der Waals surface area contributed by atoms with Crippen molar-refractivity contribution in [2.75, 3.05) is 26.3 Å². The van der Waals surface area contributed by atoms with Crippen molar-refractivity contribution in [1.29, 1.82) is 0 Å². The second-order valence-electron chi connectivity index (χ2n) is 15.6. The number of amides is 1. The molecule has 0 aliphatic rings. The SMILES string of the molecule is C=C(C)C(=O)OCCOC(=O)CCC(=O)N(CCCCCCCCCCCCCCCCCC)CCCCCCCCCCCCCCCCCC. The van der Waals surface area contributed by atoms with E-state index in [0.29, 0.717) is 5.57 Å². The summed E-state index contributed by atoms with van der Waals surface area (Å²) >= 11 is 0. The van der Waals surface area contributed by atoms with Gasteiger partial charge in [0.15, 0.2) is 0 Å². The Kier molecular flexibility index (Phi) is 38.9. The molecule has 0 N–H and O–H groups in total. The second-order valence-corrected chi connectivity index (χ2v) is 15.6. The van der Waals surface area contributed by atoms with Crippen LogP contribution in [0, 0.1) is 0 Å². The van der Waals surface area contributed by atoms with Crippen molar-refractivity contribution in [3.05, 3.63) is 12.2 Å². The molecule has 0 unspecified atom stereocenters. The molecule has 6 nitrogen and oxygen atoms in total. The van der Waals surface area contributed by atoms with Crippen LogP contribution in [0.3, 0.4) is 0 Å². The van der Waals surface area contributed by atoms with Crippen LogP contribution < -0.4 is 0 Å². The van der Waals surface area contributed by atoms with Gasteiger partial charge in [-0.1, -0.05) is 213 Å². The van der Waals surface area contributed by atoms with Crippen molar-refractivity contribution in [3.8, 4) is 0 Å². The average Bonchev–Trinajstić information content (AvgIpc) is 3.14. The third-order valence-corrected chi connectivity index (χ3v) is 10.4. The van der Waals surface area contributed by atoms with E-state index in [9.17, 15) is 14.4 Å². The standard InChI is InChI=1S/C46H87NO5/c1-5-7-9-11-13-15-17-19-21-23-25-27-29-31-33-35-39-47(44(48)37-38-45(49)51-41-42-52-46(50)43(3)4)40-36-34-32-30-28-26-24-22-20-18-16-14-12-10-8-6-2/h3,5-42H2,1-2,4H3. The molecule has 52 heavy (non-hydrogen) atoms. The van der Waals surface area contributed by atoms with Gasteiger partial charge < -0.3 is 14.4 Å². The number of ether oxygens (including phenoxy) is 2. The van der Waals surface area contributed by atoms with Crippen molar-refractivity contribution in [3.63, 3.8) is 0 Å². The van der Waals surface area contributed by atoms with E-state index in [2.05, 4.69) is 20.4 Å². The van der Waals surface area contributed by atoms with Crippen molar-refractivity contribution in [1.82, 2.24) is 4.90 Å². The number of carbonyl (C=O) groups is 3. The largest absolute Gasteiger partial charge is 0.462 e. The zero-order valence-corrected chi connectivity index (χ0v) is 35.1. The maximum Gasteiger partial charge on any atom is 0.333 e. The van der Waals surface area contributed by atoms with Crippen molar-refractivity contribution in [2.24, 2.45) is 0 Å². The maximum absolute atomic E-state index is 13.2. The van der Waals surface area contributed by atoms with Gasteiger partial charge in [0.2, 0.25) is 5.91 Å². The van der Waals surface area contributed by atoms with Gasteiger partial charge in [-0.25, -0.2) is 4.79 Å². The van der Waals surface area contributed by atoms with Gasteiger partial charge in [-0.05, 0) is 19.8 Å². The summed E-state index contributed by atoms with van der Waals surface area (Å²) < 4.78 is 10.1. The first-order chi connectivity index (χ1) is 25.4. The normalized spacial score (nSPS) is 11.1. The average molecular weight is 734 g/mol. The Morgan fingerprint density at radius 2 is 0.712 bits per heavy atom. The lowest BCUT2D eigenvalue weighted by Crippen LogP contribution is -2.33. The summed E-state index contributed by atoms with van der Waals surface area (Å²) in [5.74, 6) is -0.873. The summed E-state index contributed by atoms with van der Waals surface area (Å²) in [5.41, 5.74) is 0.311. The lowest BCUT2D eigenvalue weighted by Gasteiger charge is -2.23. The molecule has 0 aromatic rings. The predicted molar refractivity (Wildman–Crippen MR) is 222 cm³/mol. The summed E-state index contributed by atoms with van der Waals surface area (Å²) in [4.78, 5) is 38.9. The Morgan fingerprint density at radius 3 is 1.02 bits per heavy atom. The fourth-order valence-corrected chi connectivity index (χ4v) is 6.92. The van der Waals surface area contributed by atoms with Gasteiger partial charge in [0, 0.05) is 25.1 Å². The third-order valence-electron chi connectivity index (χ3n) is 10.4. The molecular weight excluding hydrogens is 647 g/mol. The van der Waals surface area contributed by atoms with Crippen LogP contribution in [-0.2, 0) is 23.9 Å². The topological polar surface area (TPSA) is 72.9 Å². The smallest absolute Gasteiger partial charge is 0.333 e. The first-order valence-electron chi connectivity index (χ1n) is 22.7. The lowest BCUT2D eigenvalue weighted by atomic mass is 10.0. The zero-order chi connectivity index (χ0) is 38.2. The van der Waals surface area contributed by atoms with Gasteiger partial charge in [-0.2, -0.15) is 0 Å². The molecule has 0 fully saturated rings. The van der Waals surface area contributed by atoms with Crippen LogP contribution >= 0.6 is 0 Å². The van der Waals surface area contributed by atoms with Gasteiger partial charge >= 0.3 is 11.9 Å². The Morgan fingerprint density at radius 1 is 0.423 bits per heavy atom. The Balaban J connectivity index is 4.19. The van der Waals surface area contributed by atoms with Gasteiger partial charge in [0.05, 0.1) is 6.42 Å². The third kappa shape index (κ3) is 36.5. The molecule has 0 spiro atoms. The fourth-order valence-electron chi connectivity index (χ4n) is 6.92. The molecule has 0 bridgehead atoms. The van der Waals surface area contributed by atoms with Crippen LogP contribution in [0.15, 0.2) is 12.2 Å². The first kappa shape index (κ1) is 50.1. The molecule has 0 heterocycles. The monoisotopic (exact) mass is 734 g/mol. The van der Waals surface area contributed by atoms with E-state index in [1.807, 2.05) is 4.90 Å². The minimum Gasteiger partial charge on any atom is -0.462 e. The highest BCUT2D eigenvalue weighted by atomic mass is 16.6. The van der Waals surface area contributed by atoms with Gasteiger partial charge in [-0.3, -0.25) is 9.59 Å². The molecule has 6 heteroatoms. The van der Waals surface area contributed by atoms with Crippen molar-refractivity contribution in [2.45, 2.75) is 239 Å². The van der Waals surface area contributed by atoms with E-state index in [1.54, 1.807) is 6.92 Å². The van der Waals surface area contributed by atoms with Gasteiger partial charge in [0.25, 0.3) is 0 Å². The van der Waals surface area contributed by atoms with Crippen molar-refractivity contribution < 1.29 is 23.9 Å².